The normalized spacial score (nSPS) is 11.8. The molecule has 7 heteroatoms. The number of rotatable bonds is 4. The van der Waals surface area contributed by atoms with E-state index in [4.69, 9.17) is 0 Å². The third-order valence-electron chi connectivity index (χ3n) is 4.13. The summed E-state index contributed by atoms with van der Waals surface area (Å²) in [6.07, 6.45) is 5.88. The standard InChI is InChI=1S/C19H14N6S/c1-2-6-14(7-3-1)10-11-18-23-25-17(21-22-19(25)26-18)12-24-13-20-15-8-4-5-9-16(15)24/h1-11,13H,12H2/b11-10+. The van der Waals surface area contributed by atoms with Crippen LogP contribution >= 0.6 is 11.3 Å². The third kappa shape index (κ3) is 2.68. The zero-order valence-electron chi connectivity index (χ0n) is 13.7. The molecule has 2 aromatic carbocycles. The first-order valence-electron chi connectivity index (χ1n) is 8.21. The zero-order valence-corrected chi connectivity index (χ0v) is 14.5. The molecule has 0 saturated carbocycles. The molecule has 3 aromatic heterocycles. The molecular weight excluding hydrogens is 344 g/mol. The molecule has 0 aliphatic carbocycles. The van der Waals surface area contributed by atoms with Gasteiger partial charge >= 0.3 is 0 Å². The predicted octanol–water partition coefficient (Wildman–Crippen LogP) is 3.75. The van der Waals surface area contributed by atoms with Crippen LogP contribution in [0.25, 0.3) is 28.1 Å². The lowest BCUT2D eigenvalue weighted by Crippen LogP contribution is -2.04. The van der Waals surface area contributed by atoms with E-state index in [1.807, 2.05) is 53.3 Å². The maximum atomic E-state index is 4.64. The molecule has 5 aromatic rings. The van der Waals surface area contributed by atoms with Gasteiger partial charge in [0.2, 0.25) is 4.96 Å². The van der Waals surface area contributed by atoms with Crippen molar-refractivity contribution in [3.05, 3.63) is 77.3 Å². The quantitative estimate of drug-likeness (QED) is 0.491. The predicted molar refractivity (Wildman–Crippen MR) is 103 cm³/mol. The highest BCUT2D eigenvalue weighted by atomic mass is 32.1. The number of hydrogen-bond donors (Lipinski definition) is 0. The highest BCUT2D eigenvalue weighted by Gasteiger charge is 2.12. The summed E-state index contributed by atoms with van der Waals surface area (Å²) in [5, 5.41) is 14.1. The number of hydrogen-bond acceptors (Lipinski definition) is 5. The maximum absolute atomic E-state index is 4.64. The Morgan fingerprint density at radius 2 is 1.77 bits per heavy atom. The van der Waals surface area contributed by atoms with Crippen molar-refractivity contribution in [2.45, 2.75) is 6.54 Å². The van der Waals surface area contributed by atoms with Gasteiger partial charge in [0.05, 0.1) is 23.9 Å². The van der Waals surface area contributed by atoms with Crippen molar-refractivity contribution in [2.24, 2.45) is 0 Å². The Labute approximate surface area is 153 Å². The Bertz CT molecular complexity index is 1210. The number of aromatic nitrogens is 6. The molecule has 0 spiro atoms. The Kier molecular flexibility index (Phi) is 3.57. The first-order chi connectivity index (χ1) is 12.9. The van der Waals surface area contributed by atoms with E-state index in [0.717, 1.165) is 32.4 Å². The van der Waals surface area contributed by atoms with Gasteiger partial charge in [-0.1, -0.05) is 59.9 Å². The van der Waals surface area contributed by atoms with Crippen LogP contribution in [0.2, 0.25) is 0 Å². The van der Waals surface area contributed by atoms with E-state index in [1.165, 1.54) is 11.3 Å². The first-order valence-corrected chi connectivity index (χ1v) is 9.02. The summed E-state index contributed by atoms with van der Waals surface area (Å²) in [7, 11) is 0. The van der Waals surface area contributed by atoms with Crippen LogP contribution < -0.4 is 0 Å². The SMILES string of the molecule is C(=C\c1nn2c(Cn3cnc4ccccc43)nnc2s1)/c1ccccc1. The van der Waals surface area contributed by atoms with Crippen LogP contribution in [0.3, 0.4) is 0 Å². The number of imidazole rings is 1. The van der Waals surface area contributed by atoms with Gasteiger partial charge in [0.25, 0.3) is 0 Å². The summed E-state index contributed by atoms with van der Waals surface area (Å²) in [4.78, 5) is 5.21. The van der Waals surface area contributed by atoms with Crippen molar-refractivity contribution in [3.63, 3.8) is 0 Å². The summed E-state index contributed by atoms with van der Waals surface area (Å²) in [6, 6.07) is 18.2. The van der Waals surface area contributed by atoms with E-state index < -0.39 is 0 Å². The zero-order chi connectivity index (χ0) is 17.3. The fourth-order valence-electron chi connectivity index (χ4n) is 2.86. The van der Waals surface area contributed by atoms with Crippen LogP contribution in [-0.2, 0) is 6.54 Å². The molecule has 0 bridgehead atoms. The van der Waals surface area contributed by atoms with Crippen molar-refractivity contribution >= 4 is 39.5 Å². The third-order valence-corrected chi connectivity index (χ3v) is 4.99. The lowest BCUT2D eigenvalue weighted by atomic mass is 10.2. The lowest BCUT2D eigenvalue weighted by molar-refractivity contribution is 0.725. The topological polar surface area (TPSA) is 60.9 Å². The van der Waals surface area contributed by atoms with E-state index in [1.54, 1.807) is 0 Å². The van der Waals surface area contributed by atoms with Crippen molar-refractivity contribution in [1.29, 1.82) is 0 Å². The van der Waals surface area contributed by atoms with Gasteiger partial charge in [-0.25, -0.2) is 4.98 Å². The van der Waals surface area contributed by atoms with Gasteiger partial charge in [-0.05, 0) is 23.8 Å². The number of para-hydroxylation sites is 2. The van der Waals surface area contributed by atoms with Crippen LogP contribution in [0, 0.1) is 0 Å². The van der Waals surface area contributed by atoms with E-state index >= 15 is 0 Å². The fourth-order valence-corrected chi connectivity index (χ4v) is 3.62. The van der Waals surface area contributed by atoms with Gasteiger partial charge < -0.3 is 4.57 Å². The molecule has 6 nitrogen and oxygen atoms in total. The molecular formula is C19H14N6S. The van der Waals surface area contributed by atoms with E-state index in [2.05, 4.69) is 49.1 Å². The van der Waals surface area contributed by atoms with E-state index in [-0.39, 0.29) is 0 Å². The summed E-state index contributed by atoms with van der Waals surface area (Å²) >= 11 is 1.52. The molecule has 26 heavy (non-hydrogen) atoms. The fraction of sp³-hybridized carbons (Fsp3) is 0.0526. The minimum Gasteiger partial charge on any atom is -0.323 e. The average molecular weight is 358 g/mol. The number of benzene rings is 2. The van der Waals surface area contributed by atoms with Gasteiger partial charge in [0.15, 0.2) is 5.82 Å². The van der Waals surface area contributed by atoms with Gasteiger partial charge in [-0.2, -0.15) is 9.61 Å². The van der Waals surface area contributed by atoms with Crippen LogP contribution in [0.5, 0.6) is 0 Å². The largest absolute Gasteiger partial charge is 0.323 e. The maximum Gasteiger partial charge on any atom is 0.235 e. The molecule has 0 aliphatic heterocycles. The second-order valence-corrected chi connectivity index (χ2v) is 6.84. The molecule has 0 amide bonds. The molecule has 0 aliphatic rings. The van der Waals surface area contributed by atoms with Crippen LogP contribution in [-0.4, -0.2) is 29.4 Å². The summed E-state index contributed by atoms with van der Waals surface area (Å²) in [5.74, 6) is 0.791. The molecule has 0 fully saturated rings. The number of nitrogens with zero attached hydrogens (tertiary/aromatic N) is 6. The van der Waals surface area contributed by atoms with Gasteiger partial charge in [-0.3, -0.25) is 0 Å². The molecule has 0 N–H and O–H groups in total. The molecule has 0 atom stereocenters. The van der Waals surface area contributed by atoms with Crippen LogP contribution in [0.4, 0.5) is 0 Å². The minimum absolute atomic E-state index is 0.577. The highest BCUT2D eigenvalue weighted by Crippen LogP contribution is 2.18. The molecule has 0 unspecified atom stereocenters. The highest BCUT2D eigenvalue weighted by molar-refractivity contribution is 7.17. The van der Waals surface area contributed by atoms with Gasteiger partial charge in [0.1, 0.15) is 5.01 Å². The molecule has 5 rings (SSSR count). The molecule has 0 radical (unpaired) electrons. The Hall–Kier alpha value is -3.32. The van der Waals surface area contributed by atoms with E-state index in [0.29, 0.717) is 6.54 Å². The van der Waals surface area contributed by atoms with Gasteiger partial charge in [0, 0.05) is 0 Å². The summed E-state index contributed by atoms with van der Waals surface area (Å²) < 4.78 is 3.87. The molecule has 126 valence electrons. The van der Waals surface area contributed by atoms with Gasteiger partial charge in [-0.15, -0.1) is 10.2 Å². The van der Waals surface area contributed by atoms with Crippen LogP contribution in [0.15, 0.2) is 60.9 Å². The Morgan fingerprint density at radius 1 is 0.923 bits per heavy atom. The second-order valence-electron chi connectivity index (χ2n) is 5.86. The monoisotopic (exact) mass is 358 g/mol. The summed E-state index contributed by atoms with van der Waals surface area (Å²) in [6.45, 7) is 0.577. The Balaban J connectivity index is 1.46. The van der Waals surface area contributed by atoms with Crippen molar-refractivity contribution in [3.8, 4) is 0 Å². The second kappa shape index (κ2) is 6.20. The number of fused-ring (bicyclic) bond motifs is 2. The summed E-state index contributed by atoms with van der Waals surface area (Å²) in [5.41, 5.74) is 3.19. The smallest absolute Gasteiger partial charge is 0.235 e. The first kappa shape index (κ1) is 15.0. The molecule has 3 heterocycles. The van der Waals surface area contributed by atoms with Crippen molar-refractivity contribution in [1.82, 2.24) is 29.4 Å². The van der Waals surface area contributed by atoms with Crippen molar-refractivity contribution in [2.75, 3.05) is 0 Å². The Morgan fingerprint density at radius 3 is 2.69 bits per heavy atom. The lowest BCUT2D eigenvalue weighted by Gasteiger charge is -2.00. The van der Waals surface area contributed by atoms with E-state index in [9.17, 15) is 0 Å². The average Bonchev–Trinajstić information content (AvgIpc) is 3.37. The molecule has 0 saturated heterocycles. The van der Waals surface area contributed by atoms with Crippen LogP contribution in [0.1, 0.15) is 16.4 Å². The minimum atomic E-state index is 0.577. The van der Waals surface area contributed by atoms with Crippen molar-refractivity contribution < 1.29 is 0 Å².